The maximum absolute atomic E-state index is 13.8. The molecule has 1 aromatic heterocycles. The summed E-state index contributed by atoms with van der Waals surface area (Å²) in [5.41, 5.74) is -1.82. The summed E-state index contributed by atoms with van der Waals surface area (Å²) >= 11 is 0. The number of methoxy groups -OCH3 is 1. The first-order valence-corrected chi connectivity index (χ1v) is 10.7. The van der Waals surface area contributed by atoms with E-state index in [2.05, 4.69) is 10.2 Å². The minimum Gasteiger partial charge on any atom is -0.493 e. The van der Waals surface area contributed by atoms with Crippen LogP contribution in [0.5, 0.6) is 5.75 Å². The number of amides is 1. The number of hydrogen-bond donors (Lipinski definition) is 1. The lowest BCUT2D eigenvalue weighted by atomic mass is 10.0. The van der Waals surface area contributed by atoms with Crippen molar-refractivity contribution in [3.05, 3.63) is 69.6 Å². The lowest BCUT2D eigenvalue weighted by Gasteiger charge is -2.33. The average Bonchev–Trinajstić information content (AvgIpc) is 2.80. The molecule has 1 fully saturated rings. The van der Waals surface area contributed by atoms with Crippen molar-refractivity contribution in [2.24, 2.45) is 0 Å². The zero-order chi connectivity index (χ0) is 24.5. The second-order valence-corrected chi connectivity index (χ2v) is 8.23. The van der Waals surface area contributed by atoms with Crippen molar-refractivity contribution in [2.75, 3.05) is 45.7 Å². The Balaban J connectivity index is 1.59. The Morgan fingerprint density at radius 2 is 1.85 bits per heavy atom. The van der Waals surface area contributed by atoms with Gasteiger partial charge in [0.15, 0.2) is 11.3 Å². The highest BCUT2D eigenvalue weighted by Crippen LogP contribution is 2.35. The number of para-hydroxylation sites is 1. The second kappa shape index (κ2) is 9.47. The molecule has 1 saturated heterocycles. The Morgan fingerprint density at radius 1 is 1.12 bits per heavy atom. The van der Waals surface area contributed by atoms with Crippen LogP contribution in [0.3, 0.4) is 0 Å². The van der Waals surface area contributed by atoms with Crippen molar-refractivity contribution in [1.29, 1.82) is 0 Å². The van der Waals surface area contributed by atoms with Gasteiger partial charge in [0.2, 0.25) is 0 Å². The Hall–Kier alpha value is -3.37. The van der Waals surface area contributed by atoms with E-state index in [1.165, 1.54) is 25.3 Å². The Labute approximate surface area is 193 Å². The average molecular weight is 475 g/mol. The van der Waals surface area contributed by atoms with Gasteiger partial charge in [-0.05, 0) is 36.9 Å². The fraction of sp³-hybridized carbons (Fsp3) is 0.333. The molecule has 10 heteroatoms. The molecule has 0 saturated carbocycles. The van der Waals surface area contributed by atoms with Gasteiger partial charge in [-0.2, -0.15) is 13.2 Å². The van der Waals surface area contributed by atoms with Crippen molar-refractivity contribution in [3.63, 3.8) is 0 Å². The number of alkyl halides is 3. The lowest BCUT2D eigenvalue weighted by Crippen LogP contribution is -2.44. The third-order valence-electron chi connectivity index (χ3n) is 5.85. The third kappa shape index (κ3) is 5.07. The highest BCUT2D eigenvalue weighted by atomic mass is 19.4. The van der Waals surface area contributed by atoms with E-state index in [1.54, 1.807) is 18.2 Å². The van der Waals surface area contributed by atoms with Gasteiger partial charge in [0.1, 0.15) is 5.56 Å². The molecule has 180 valence electrons. The summed E-state index contributed by atoms with van der Waals surface area (Å²) in [5, 5.41) is 2.84. The predicted molar refractivity (Wildman–Crippen MR) is 121 cm³/mol. The summed E-state index contributed by atoms with van der Waals surface area (Å²) in [7, 11) is 3.39. The van der Waals surface area contributed by atoms with E-state index >= 15 is 0 Å². The SMILES string of the molecule is COc1cccc2cc(C(=O)Nc3ccc(CN4CCN(C)CC4)c(C(F)(F)F)c3)c(=O)oc12. The van der Waals surface area contributed by atoms with Crippen molar-refractivity contribution < 1.29 is 27.1 Å². The maximum atomic E-state index is 13.8. The van der Waals surface area contributed by atoms with Gasteiger partial charge in [-0.3, -0.25) is 9.69 Å². The molecule has 1 aliphatic heterocycles. The summed E-state index contributed by atoms with van der Waals surface area (Å²) in [4.78, 5) is 29.2. The molecule has 1 aliphatic rings. The van der Waals surface area contributed by atoms with Crippen LogP contribution in [0.25, 0.3) is 11.0 Å². The lowest BCUT2D eigenvalue weighted by molar-refractivity contribution is -0.138. The number of nitrogens with zero attached hydrogens (tertiary/aromatic N) is 2. The molecule has 1 N–H and O–H groups in total. The van der Waals surface area contributed by atoms with Crippen molar-refractivity contribution >= 4 is 22.6 Å². The zero-order valence-electron chi connectivity index (χ0n) is 18.7. The molecule has 1 amide bonds. The van der Waals surface area contributed by atoms with Gasteiger partial charge in [0.05, 0.1) is 12.7 Å². The molecule has 0 bridgehead atoms. The number of rotatable bonds is 5. The summed E-state index contributed by atoms with van der Waals surface area (Å²) in [6, 6.07) is 9.90. The van der Waals surface area contributed by atoms with Crippen LogP contribution in [0.4, 0.5) is 18.9 Å². The second-order valence-electron chi connectivity index (χ2n) is 8.23. The van der Waals surface area contributed by atoms with Crippen LogP contribution in [0, 0.1) is 0 Å². The molecule has 7 nitrogen and oxygen atoms in total. The molecule has 0 aliphatic carbocycles. The van der Waals surface area contributed by atoms with Gasteiger partial charge in [-0.25, -0.2) is 4.79 Å². The maximum Gasteiger partial charge on any atom is 0.416 e. The van der Waals surface area contributed by atoms with Gasteiger partial charge >= 0.3 is 11.8 Å². The first-order chi connectivity index (χ1) is 16.2. The van der Waals surface area contributed by atoms with Crippen LogP contribution in [0.15, 0.2) is 51.7 Å². The normalized spacial score (nSPS) is 15.4. The van der Waals surface area contributed by atoms with E-state index in [1.807, 2.05) is 11.9 Å². The van der Waals surface area contributed by atoms with Gasteiger partial charge in [-0.1, -0.05) is 18.2 Å². The zero-order valence-corrected chi connectivity index (χ0v) is 18.7. The molecule has 0 unspecified atom stereocenters. The molecule has 2 heterocycles. The summed E-state index contributed by atoms with van der Waals surface area (Å²) in [6.07, 6.45) is -4.60. The molecule has 3 aromatic rings. The van der Waals surface area contributed by atoms with E-state index in [4.69, 9.17) is 9.15 Å². The van der Waals surface area contributed by atoms with E-state index in [9.17, 15) is 22.8 Å². The smallest absolute Gasteiger partial charge is 0.416 e. The highest BCUT2D eigenvalue weighted by Gasteiger charge is 2.34. The summed E-state index contributed by atoms with van der Waals surface area (Å²) in [5.74, 6) is -0.536. The topological polar surface area (TPSA) is 75.0 Å². The molecule has 0 spiro atoms. The first kappa shape index (κ1) is 23.8. The minimum atomic E-state index is -4.60. The van der Waals surface area contributed by atoms with Crippen LogP contribution >= 0.6 is 0 Å². The monoisotopic (exact) mass is 475 g/mol. The fourth-order valence-electron chi connectivity index (χ4n) is 3.94. The molecule has 0 atom stereocenters. The molecule has 34 heavy (non-hydrogen) atoms. The van der Waals surface area contributed by atoms with Crippen LogP contribution < -0.4 is 15.7 Å². The fourth-order valence-corrected chi connectivity index (χ4v) is 3.94. The van der Waals surface area contributed by atoms with E-state index in [0.717, 1.165) is 19.2 Å². The molecular formula is C24H24F3N3O4. The van der Waals surface area contributed by atoms with E-state index in [0.29, 0.717) is 24.2 Å². The largest absolute Gasteiger partial charge is 0.493 e. The number of nitrogens with one attached hydrogen (secondary N) is 1. The van der Waals surface area contributed by atoms with Gasteiger partial charge in [-0.15, -0.1) is 0 Å². The van der Waals surface area contributed by atoms with Gasteiger partial charge in [0, 0.05) is 43.8 Å². The number of benzene rings is 2. The Kier molecular flexibility index (Phi) is 6.63. The number of carbonyl (C=O) groups excluding carboxylic acids is 1. The number of likely N-dealkylation sites (N-methyl/N-ethyl adjacent to an activating group) is 1. The van der Waals surface area contributed by atoms with Crippen LogP contribution in [-0.4, -0.2) is 56.0 Å². The van der Waals surface area contributed by atoms with E-state index in [-0.39, 0.29) is 28.9 Å². The molecule has 2 aromatic carbocycles. The van der Waals surface area contributed by atoms with Crippen molar-refractivity contribution in [2.45, 2.75) is 12.7 Å². The van der Waals surface area contributed by atoms with Gasteiger partial charge < -0.3 is 19.4 Å². The third-order valence-corrected chi connectivity index (χ3v) is 5.85. The van der Waals surface area contributed by atoms with Crippen LogP contribution in [0.2, 0.25) is 0 Å². The Bertz CT molecular complexity index is 1260. The number of hydrogen-bond acceptors (Lipinski definition) is 6. The number of anilines is 1. The van der Waals surface area contributed by atoms with Crippen LogP contribution in [-0.2, 0) is 12.7 Å². The number of carbonyl (C=O) groups is 1. The van der Waals surface area contributed by atoms with Crippen molar-refractivity contribution in [1.82, 2.24) is 9.80 Å². The first-order valence-electron chi connectivity index (χ1n) is 10.7. The molecule has 0 radical (unpaired) electrons. The van der Waals surface area contributed by atoms with Crippen LogP contribution in [0.1, 0.15) is 21.5 Å². The number of piperazine rings is 1. The van der Waals surface area contributed by atoms with Crippen molar-refractivity contribution in [3.8, 4) is 5.75 Å². The number of ether oxygens (including phenoxy) is 1. The summed E-state index contributed by atoms with van der Waals surface area (Å²) < 4.78 is 51.8. The molecule has 4 rings (SSSR count). The quantitative estimate of drug-likeness (QED) is 0.566. The highest BCUT2D eigenvalue weighted by molar-refractivity contribution is 6.05. The Morgan fingerprint density at radius 3 is 2.53 bits per heavy atom. The predicted octanol–water partition coefficient (Wildman–Crippen LogP) is 3.82. The molecular weight excluding hydrogens is 451 g/mol. The minimum absolute atomic E-state index is 0.0652. The standard InChI is InChI=1S/C24H24F3N3O4/c1-29-8-10-30(11-9-29)14-16-6-7-17(13-19(16)24(25,26)27)28-22(31)18-12-15-4-3-5-20(33-2)21(15)34-23(18)32/h3-7,12-13H,8-11,14H2,1-2H3,(H,28,31). The van der Waals surface area contributed by atoms with E-state index < -0.39 is 23.3 Å². The van der Waals surface area contributed by atoms with Gasteiger partial charge in [0.25, 0.3) is 5.91 Å². The summed E-state index contributed by atoms with van der Waals surface area (Å²) in [6.45, 7) is 3.09. The number of fused-ring (bicyclic) bond motifs is 1. The number of halogens is 3.